The summed E-state index contributed by atoms with van der Waals surface area (Å²) in [6.45, 7) is 1.80. The minimum absolute atomic E-state index is 0.173. The van der Waals surface area contributed by atoms with E-state index in [1.165, 1.54) is 12.6 Å². The number of hydrogen-bond donors (Lipinski definition) is 3. The second-order valence-electron chi connectivity index (χ2n) is 4.05. The minimum Gasteiger partial charge on any atom is -0.323 e. The van der Waals surface area contributed by atoms with Crippen molar-refractivity contribution < 1.29 is 4.79 Å². The van der Waals surface area contributed by atoms with E-state index >= 15 is 0 Å². The van der Waals surface area contributed by atoms with Crippen molar-refractivity contribution in [3.05, 3.63) is 24.0 Å². The highest BCUT2D eigenvalue weighted by Crippen LogP contribution is 2.12. The molecule has 0 unspecified atom stereocenters. The Bertz CT molecular complexity index is 389. The molecule has 1 aliphatic heterocycles. The van der Waals surface area contributed by atoms with E-state index < -0.39 is 0 Å². The maximum atomic E-state index is 12.0. The van der Waals surface area contributed by atoms with Gasteiger partial charge in [0.15, 0.2) is 0 Å². The van der Waals surface area contributed by atoms with Crippen LogP contribution < -0.4 is 16.7 Å². The molecule has 0 atom stereocenters. The fourth-order valence-corrected chi connectivity index (χ4v) is 1.91. The fraction of sp³-hybridized carbons (Fsp3) is 0.455. The highest BCUT2D eigenvalue weighted by molar-refractivity contribution is 5.98. The lowest BCUT2D eigenvalue weighted by Gasteiger charge is -2.27. The lowest BCUT2D eigenvalue weighted by molar-refractivity contribution is 0.0750. The molecule has 17 heavy (non-hydrogen) atoms. The first-order valence-corrected chi connectivity index (χ1v) is 5.78. The number of piperidine rings is 1. The quantitative estimate of drug-likeness (QED) is 0.525. The number of carbonyl (C=O) groups is 1. The number of nitrogens with two attached hydrogens (primary N) is 1. The fourth-order valence-electron chi connectivity index (χ4n) is 1.91. The van der Waals surface area contributed by atoms with Crippen LogP contribution in [0.2, 0.25) is 0 Å². The Kier molecular flexibility index (Phi) is 3.89. The average Bonchev–Trinajstić information content (AvgIpc) is 2.40. The van der Waals surface area contributed by atoms with E-state index in [1.54, 1.807) is 12.3 Å². The molecule has 1 aromatic rings. The molecule has 1 aromatic heterocycles. The zero-order chi connectivity index (χ0) is 12.1. The molecule has 1 saturated heterocycles. The third kappa shape index (κ3) is 2.92. The first kappa shape index (κ1) is 11.8. The zero-order valence-corrected chi connectivity index (χ0v) is 9.65. The molecule has 0 radical (unpaired) electrons. The van der Waals surface area contributed by atoms with Gasteiger partial charge in [0, 0.05) is 25.5 Å². The lowest BCUT2D eigenvalue weighted by atomic mass is 10.2. The van der Waals surface area contributed by atoms with E-state index in [1.807, 2.05) is 5.01 Å². The molecule has 2 heterocycles. The number of nitrogens with one attached hydrogen (secondary N) is 2. The summed E-state index contributed by atoms with van der Waals surface area (Å²) >= 11 is 0. The predicted octanol–water partition coefficient (Wildman–Crippen LogP) is 0.498. The maximum Gasteiger partial charge on any atom is 0.269 e. The third-order valence-corrected chi connectivity index (χ3v) is 2.84. The first-order chi connectivity index (χ1) is 8.31. The number of nitrogens with zero attached hydrogens (tertiary/aromatic N) is 2. The lowest BCUT2D eigenvalue weighted by Crippen LogP contribution is -2.45. The summed E-state index contributed by atoms with van der Waals surface area (Å²) in [7, 11) is 0. The van der Waals surface area contributed by atoms with Gasteiger partial charge < -0.3 is 5.43 Å². The van der Waals surface area contributed by atoms with Gasteiger partial charge in [0.1, 0.15) is 0 Å². The Morgan fingerprint density at radius 1 is 1.35 bits per heavy atom. The van der Waals surface area contributed by atoms with Gasteiger partial charge in [-0.2, -0.15) is 0 Å². The van der Waals surface area contributed by atoms with Crippen molar-refractivity contribution in [2.75, 3.05) is 18.5 Å². The third-order valence-electron chi connectivity index (χ3n) is 2.84. The van der Waals surface area contributed by atoms with Crippen molar-refractivity contribution in [1.29, 1.82) is 0 Å². The Morgan fingerprint density at radius 3 is 2.82 bits per heavy atom. The monoisotopic (exact) mass is 235 g/mol. The summed E-state index contributed by atoms with van der Waals surface area (Å²) in [5.41, 5.74) is 6.40. The highest BCUT2D eigenvalue weighted by atomic mass is 16.2. The molecule has 0 saturated carbocycles. The maximum absolute atomic E-state index is 12.0. The van der Waals surface area contributed by atoms with Crippen LogP contribution in [0, 0.1) is 0 Å². The van der Waals surface area contributed by atoms with Crippen LogP contribution in [-0.4, -0.2) is 29.0 Å². The van der Waals surface area contributed by atoms with E-state index in [2.05, 4.69) is 15.8 Å². The van der Waals surface area contributed by atoms with Crippen LogP contribution in [0.3, 0.4) is 0 Å². The summed E-state index contributed by atoms with van der Waals surface area (Å²) < 4.78 is 0. The van der Waals surface area contributed by atoms with Crippen molar-refractivity contribution in [2.24, 2.45) is 5.84 Å². The molecular formula is C11H17N5O. The number of nitrogen functional groups attached to an aromatic ring is 1. The molecule has 1 aliphatic rings. The standard InChI is InChI=1S/C11H17N5O/c12-14-10-4-5-13-8-9(10)11(17)15-16-6-2-1-3-7-16/h4-5,8H,1-3,6-7,12H2,(H,13,14)(H,15,17). The number of hydrogen-bond acceptors (Lipinski definition) is 5. The molecule has 4 N–H and O–H groups in total. The van der Waals surface area contributed by atoms with Gasteiger partial charge in [-0.1, -0.05) is 6.42 Å². The van der Waals surface area contributed by atoms with Crippen molar-refractivity contribution in [1.82, 2.24) is 15.4 Å². The topological polar surface area (TPSA) is 83.3 Å². The first-order valence-electron chi connectivity index (χ1n) is 5.78. The molecule has 2 rings (SSSR count). The second kappa shape index (κ2) is 5.60. The summed E-state index contributed by atoms with van der Waals surface area (Å²) in [6, 6.07) is 1.67. The van der Waals surface area contributed by atoms with Gasteiger partial charge in [0.2, 0.25) is 0 Å². The molecular weight excluding hydrogens is 218 g/mol. The number of pyridine rings is 1. The van der Waals surface area contributed by atoms with Crippen molar-refractivity contribution in [2.45, 2.75) is 19.3 Å². The predicted molar refractivity (Wildman–Crippen MR) is 64.9 cm³/mol. The molecule has 0 bridgehead atoms. The van der Waals surface area contributed by atoms with Gasteiger partial charge in [-0.15, -0.1) is 0 Å². The molecule has 6 nitrogen and oxygen atoms in total. The molecule has 0 aliphatic carbocycles. The number of amides is 1. The van der Waals surface area contributed by atoms with Gasteiger partial charge in [0.05, 0.1) is 11.3 Å². The van der Waals surface area contributed by atoms with Gasteiger partial charge >= 0.3 is 0 Å². The van der Waals surface area contributed by atoms with E-state index in [0.29, 0.717) is 11.3 Å². The average molecular weight is 235 g/mol. The minimum atomic E-state index is -0.173. The van der Waals surface area contributed by atoms with Crippen LogP contribution >= 0.6 is 0 Å². The van der Waals surface area contributed by atoms with Crippen LogP contribution in [0.25, 0.3) is 0 Å². The van der Waals surface area contributed by atoms with E-state index in [0.717, 1.165) is 25.9 Å². The van der Waals surface area contributed by atoms with E-state index in [9.17, 15) is 4.79 Å². The van der Waals surface area contributed by atoms with Gasteiger partial charge in [0.25, 0.3) is 5.91 Å². The normalized spacial score (nSPS) is 16.5. The summed E-state index contributed by atoms with van der Waals surface area (Å²) in [5, 5.41) is 1.94. The number of anilines is 1. The Hall–Kier alpha value is -1.66. The number of carbonyl (C=O) groups excluding carboxylic acids is 1. The number of aromatic nitrogens is 1. The Labute approximate surface area is 100 Å². The van der Waals surface area contributed by atoms with Crippen molar-refractivity contribution in [3.63, 3.8) is 0 Å². The highest BCUT2D eigenvalue weighted by Gasteiger charge is 2.16. The Balaban J connectivity index is 2.03. The second-order valence-corrected chi connectivity index (χ2v) is 4.05. The summed E-state index contributed by atoms with van der Waals surface area (Å²) in [5.74, 6) is 5.18. The molecule has 92 valence electrons. The SMILES string of the molecule is NNc1ccncc1C(=O)NN1CCCCC1. The van der Waals surface area contributed by atoms with E-state index in [4.69, 9.17) is 5.84 Å². The van der Waals surface area contributed by atoms with Gasteiger partial charge in [-0.3, -0.25) is 21.0 Å². The molecule has 6 heteroatoms. The summed E-state index contributed by atoms with van der Waals surface area (Å²) in [6.07, 6.45) is 6.57. The van der Waals surface area contributed by atoms with Crippen LogP contribution in [-0.2, 0) is 0 Å². The number of rotatable bonds is 3. The molecule has 0 aromatic carbocycles. The van der Waals surface area contributed by atoms with Gasteiger partial charge in [-0.05, 0) is 18.9 Å². The molecule has 0 spiro atoms. The number of hydrazine groups is 2. The molecule has 1 fully saturated rings. The zero-order valence-electron chi connectivity index (χ0n) is 9.65. The van der Waals surface area contributed by atoms with Crippen LogP contribution in [0.5, 0.6) is 0 Å². The van der Waals surface area contributed by atoms with Crippen molar-refractivity contribution >= 4 is 11.6 Å². The van der Waals surface area contributed by atoms with Gasteiger partial charge in [-0.25, -0.2) is 5.01 Å². The molecule has 1 amide bonds. The summed E-state index contributed by atoms with van der Waals surface area (Å²) in [4.78, 5) is 15.9. The van der Waals surface area contributed by atoms with Crippen LogP contribution in [0.4, 0.5) is 5.69 Å². The van der Waals surface area contributed by atoms with E-state index in [-0.39, 0.29) is 5.91 Å². The van der Waals surface area contributed by atoms with Crippen LogP contribution in [0.1, 0.15) is 29.6 Å². The smallest absolute Gasteiger partial charge is 0.269 e. The largest absolute Gasteiger partial charge is 0.323 e. The Morgan fingerprint density at radius 2 is 2.12 bits per heavy atom. The van der Waals surface area contributed by atoms with Crippen LogP contribution in [0.15, 0.2) is 18.5 Å². The van der Waals surface area contributed by atoms with Crippen molar-refractivity contribution in [3.8, 4) is 0 Å².